The van der Waals surface area contributed by atoms with Crippen LogP contribution >= 0.6 is 0 Å². The van der Waals surface area contributed by atoms with Crippen LogP contribution in [-0.2, 0) is 19.1 Å². The van der Waals surface area contributed by atoms with E-state index in [0.717, 1.165) is 58.8 Å². The first kappa shape index (κ1) is 42.2. The molecule has 2 aliphatic rings. The number of aromatic nitrogens is 2. The number of likely N-dealkylation sites (tertiary alicyclic amines) is 2. The third kappa shape index (κ3) is 9.39. The van der Waals surface area contributed by atoms with Crippen molar-refractivity contribution in [3.8, 4) is 22.4 Å². The van der Waals surface area contributed by atoms with Crippen molar-refractivity contribution in [2.75, 3.05) is 33.9 Å². The van der Waals surface area contributed by atoms with Crippen LogP contribution in [-0.4, -0.2) is 89.6 Å². The smallest absolute Gasteiger partial charge is 0.407 e. The number of hydrogen-bond donors (Lipinski definition) is 4. The first-order chi connectivity index (χ1) is 30.7. The summed E-state index contributed by atoms with van der Waals surface area (Å²) in [5, 5.41) is 10.3. The molecule has 14 heteroatoms. The minimum atomic E-state index is -0.907. The zero-order valence-corrected chi connectivity index (χ0v) is 35.1. The molecular formula is C49H49N7O7. The molecule has 322 valence electrons. The van der Waals surface area contributed by atoms with E-state index < -0.39 is 24.3 Å². The summed E-state index contributed by atoms with van der Waals surface area (Å²) >= 11 is 0. The van der Waals surface area contributed by atoms with Crippen molar-refractivity contribution in [1.82, 2.24) is 35.7 Å². The molecule has 2 fully saturated rings. The van der Waals surface area contributed by atoms with Gasteiger partial charge in [0, 0.05) is 31.2 Å². The van der Waals surface area contributed by atoms with Crippen LogP contribution in [0.2, 0.25) is 0 Å². The zero-order valence-electron chi connectivity index (χ0n) is 35.1. The normalized spacial score (nSPS) is 16.9. The molecule has 2 aliphatic heterocycles. The second-order valence-corrected chi connectivity index (χ2v) is 15.7. The van der Waals surface area contributed by atoms with Crippen molar-refractivity contribution in [3.63, 3.8) is 0 Å². The lowest BCUT2D eigenvalue weighted by Crippen LogP contribution is -2.48. The summed E-state index contributed by atoms with van der Waals surface area (Å²) in [5.41, 5.74) is 5.65. The Morgan fingerprint density at radius 1 is 0.667 bits per heavy atom. The highest BCUT2D eigenvalue weighted by molar-refractivity contribution is 5.99. The molecule has 2 saturated heterocycles. The number of hydrogen-bond acceptors (Lipinski definition) is 8. The maximum atomic E-state index is 13.9. The van der Waals surface area contributed by atoms with Crippen LogP contribution in [0.4, 0.5) is 9.59 Å². The fourth-order valence-corrected chi connectivity index (χ4v) is 8.58. The van der Waals surface area contributed by atoms with Gasteiger partial charge in [-0.05, 0) is 82.5 Å². The molecule has 0 aliphatic carbocycles. The molecule has 8 rings (SSSR count). The van der Waals surface area contributed by atoms with E-state index in [-0.39, 0.29) is 36.3 Å². The Labute approximate surface area is 365 Å². The molecular weight excluding hydrogens is 799 g/mol. The number of carbonyl (C=O) groups excluding carboxylic acids is 5. The van der Waals surface area contributed by atoms with Crippen molar-refractivity contribution in [2.24, 2.45) is 0 Å². The number of nitrogens with zero attached hydrogens (tertiary/aromatic N) is 3. The molecule has 0 spiro atoms. The predicted octanol–water partition coefficient (Wildman–Crippen LogP) is 7.48. The summed E-state index contributed by atoms with van der Waals surface area (Å²) in [6.07, 6.45) is 3.47. The molecule has 5 amide bonds. The number of carbonyl (C=O) groups is 5. The van der Waals surface area contributed by atoms with Gasteiger partial charge < -0.3 is 40.2 Å². The summed E-state index contributed by atoms with van der Waals surface area (Å²) in [6.45, 7) is 1.34. The van der Waals surface area contributed by atoms with Crippen molar-refractivity contribution in [1.29, 1.82) is 0 Å². The fraction of sp³-hybridized carbons (Fsp3) is 0.265. The maximum absolute atomic E-state index is 13.9. The van der Waals surface area contributed by atoms with E-state index in [0.29, 0.717) is 35.6 Å². The van der Waals surface area contributed by atoms with Crippen molar-refractivity contribution in [2.45, 2.75) is 49.9 Å². The fourth-order valence-electron chi connectivity index (χ4n) is 8.58. The first-order valence-electron chi connectivity index (χ1n) is 21.1. The Morgan fingerprint density at radius 2 is 1.22 bits per heavy atom. The molecule has 6 aromatic rings. The number of fused-ring (bicyclic) bond motifs is 1. The van der Waals surface area contributed by atoms with Crippen LogP contribution in [0.15, 0.2) is 128 Å². The predicted molar refractivity (Wildman–Crippen MR) is 237 cm³/mol. The van der Waals surface area contributed by atoms with Crippen LogP contribution in [0.25, 0.3) is 33.2 Å². The highest BCUT2D eigenvalue weighted by Crippen LogP contribution is 2.35. The number of benzene rings is 5. The molecule has 63 heavy (non-hydrogen) atoms. The summed E-state index contributed by atoms with van der Waals surface area (Å²) < 4.78 is 9.62. The Bertz CT molecular complexity index is 2600. The number of imidazole rings is 1. The van der Waals surface area contributed by atoms with Gasteiger partial charge in [0.05, 0.1) is 32.2 Å². The number of rotatable bonds is 12. The highest BCUT2D eigenvalue weighted by atomic mass is 16.5. The number of nitrogens with one attached hydrogen (secondary N) is 4. The monoisotopic (exact) mass is 847 g/mol. The van der Waals surface area contributed by atoms with Gasteiger partial charge in [0.25, 0.3) is 11.8 Å². The van der Waals surface area contributed by atoms with Crippen molar-refractivity contribution in [3.05, 3.63) is 150 Å². The SMILES string of the molecule is COC(=O)N[C@@H](C(=O)N1CCC[C@H]1CNC(=O)c1ccc2cc(-c3ccc(-c4cnc([C@@H]5CCCN5C(=O)[C@H](NC(=O)OC)c5ccccc5)[nH]4)cc3)ccc2c1)c1ccccc1. The van der Waals surface area contributed by atoms with Gasteiger partial charge >= 0.3 is 12.2 Å². The molecule has 1 aromatic heterocycles. The maximum Gasteiger partial charge on any atom is 0.407 e. The van der Waals surface area contributed by atoms with Gasteiger partial charge in [-0.1, -0.05) is 103 Å². The van der Waals surface area contributed by atoms with E-state index in [9.17, 15) is 24.0 Å². The molecule has 4 atom stereocenters. The largest absolute Gasteiger partial charge is 0.453 e. The quantitative estimate of drug-likeness (QED) is 0.0981. The number of aromatic amines is 1. The number of amides is 5. The van der Waals surface area contributed by atoms with Gasteiger partial charge in [-0.2, -0.15) is 0 Å². The second-order valence-electron chi connectivity index (χ2n) is 15.7. The molecule has 0 unspecified atom stereocenters. The number of ether oxygens (including phenoxy) is 2. The molecule has 0 saturated carbocycles. The van der Waals surface area contributed by atoms with Gasteiger partial charge in [0.15, 0.2) is 0 Å². The standard InChI is InChI=1S/C49H49N7O7/c1-62-48(60)53-42(33-11-5-3-6-12-33)46(58)55-25-9-15-39(55)29-51-45(57)38-24-23-36-27-35(21-22-37(36)28-38)31-17-19-32(20-18-31)40-30-50-44(52-40)41-16-10-26-56(41)47(59)43(54-49(61)63-2)34-13-7-4-8-14-34/h3-8,11-14,17-24,27-28,30,39,41-43H,9-10,15-16,25-26,29H2,1-2H3,(H,50,52)(H,51,57)(H,53,60)(H,54,61)/t39-,41-,42+,43+/m0/s1. The number of H-pyrrole nitrogens is 1. The summed E-state index contributed by atoms with van der Waals surface area (Å²) in [4.78, 5) is 77.1. The summed E-state index contributed by atoms with van der Waals surface area (Å²) in [7, 11) is 2.53. The number of methoxy groups -OCH3 is 2. The van der Waals surface area contributed by atoms with E-state index in [1.165, 1.54) is 14.2 Å². The zero-order chi connectivity index (χ0) is 43.9. The van der Waals surface area contributed by atoms with E-state index in [1.807, 2.05) is 84.9 Å². The van der Waals surface area contributed by atoms with Gasteiger partial charge in [-0.3, -0.25) is 14.4 Å². The lowest BCUT2D eigenvalue weighted by molar-refractivity contribution is -0.135. The topological polar surface area (TPSA) is 175 Å². The van der Waals surface area contributed by atoms with Crippen molar-refractivity contribution >= 4 is 40.7 Å². The molecule has 5 aromatic carbocycles. The van der Waals surface area contributed by atoms with Crippen LogP contribution in [0.5, 0.6) is 0 Å². The molecule has 0 radical (unpaired) electrons. The Balaban J connectivity index is 0.901. The molecule has 3 heterocycles. The average Bonchev–Trinajstić information content (AvgIpc) is 4.14. The Kier molecular flexibility index (Phi) is 12.8. The van der Waals surface area contributed by atoms with Crippen molar-refractivity contribution < 1.29 is 33.4 Å². The van der Waals surface area contributed by atoms with E-state index in [1.54, 1.807) is 34.2 Å². The average molecular weight is 848 g/mol. The van der Waals surface area contributed by atoms with Crippen LogP contribution in [0.3, 0.4) is 0 Å². The lowest BCUT2D eigenvalue weighted by atomic mass is 9.98. The van der Waals surface area contributed by atoms with Crippen LogP contribution in [0, 0.1) is 0 Å². The van der Waals surface area contributed by atoms with E-state index >= 15 is 0 Å². The minimum Gasteiger partial charge on any atom is -0.453 e. The minimum absolute atomic E-state index is 0.221. The number of alkyl carbamates (subject to hydrolysis) is 2. The third-order valence-electron chi connectivity index (χ3n) is 11.9. The summed E-state index contributed by atoms with van der Waals surface area (Å²) in [6, 6.07) is 35.8. The Morgan fingerprint density at radius 3 is 1.87 bits per heavy atom. The molecule has 0 bridgehead atoms. The second kappa shape index (κ2) is 19.1. The van der Waals surface area contributed by atoms with Gasteiger partial charge in [0.2, 0.25) is 5.91 Å². The third-order valence-corrected chi connectivity index (χ3v) is 11.9. The highest BCUT2D eigenvalue weighted by Gasteiger charge is 2.38. The van der Waals surface area contributed by atoms with Crippen LogP contribution < -0.4 is 16.0 Å². The summed E-state index contributed by atoms with van der Waals surface area (Å²) in [5.74, 6) is -0.0196. The van der Waals surface area contributed by atoms with E-state index in [2.05, 4.69) is 39.1 Å². The molecule has 4 N–H and O–H groups in total. The van der Waals surface area contributed by atoms with Gasteiger partial charge in [-0.25, -0.2) is 14.6 Å². The molecule has 14 nitrogen and oxygen atoms in total. The lowest BCUT2D eigenvalue weighted by Gasteiger charge is -2.29. The Hall–Kier alpha value is -7.48. The van der Waals surface area contributed by atoms with Gasteiger partial charge in [0.1, 0.15) is 17.9 Å². The van der Waals surface area contributed by atoms with Gasteiger partial charge in [-0.15, -0.1) is 0 Å². The van der Waals surface area contributed by atoms with E-state index in [4.69, 9.17) is 14.5 Å². The van der Waals surface area contributed by atoms with Crippen LogP contribution in [0.1, 0.15) is 71.1 Å². The first-order valence-corrected chi connectivity index (χ1v) is 21.1.